The highest BCUT2D eigenvalue weighted by Gasteiger charge is 2.14. The summed E-state index contributed by atoms with van der Waals surface area (Å²) in [6.45, 7) is 2.17. The minimum atomic E-state index is 0.175. The normalized spacial score (nSPS) is 12.6. The monoisotopic (exact) mass is 324 g/mol. The lowest BCUT2D eigenvalue weighted by atomic mass is 10.1. The number of benzene rings is 1. The predicted molar refractivity (Wildman–Crippen MR) is 81.6 cm³/mol. The van der Waals surface area contributed by atoms with E-state index in [-0.39, 0.29) is 6.04 Å². The van der Waals surface area contributed by atoms with E-state index in [4.69, 9.17) is 5.84 Å². The molecule has 0 aliphatic heterocycles. The van der Waals surface area contributed by atoms with E-state index < -0.39 is 0 Å². The number of thiophene rings is 1. The van der Waals surface area contributed by atoms with Crippen LogP contribution in [0, 0.1) is 0 Å². The molecule has 0 radical (unpaired) electrons. The van der Waals surface area contributed by atoms with E-state index in [2.05, 4.69) is 58.6 Å². The first-order valence-corrected chi connectivity index (χ1v) is 7.63. The second-order valence-electron chi connectivity index (χ2n) is 4.17. The molecule has 3 N–H and O–H groups in total. The molecule has 1 heterocycles. The first kappa shape index (κ1) is 13.7. The lowest BCUT2D eigenvalue weighted by molar-refractivity contribution is 0.560. The number of nitrogens with two attached hydrogens (primary N) is 1. The van der Waals surface area contributed by atoms with Crippen LogP contribution in [0.25, 0.3) is 0 Å². The lowest BCUT2D eigenvalue weighted by Crippen LogP contribution is -2.29. The minimum absolute atomic E-state index is 0.175. The van der Waals surface area contributed by atoms with Crippen LogP contribution >= 0.6 is 27.3 Å². The number of halogens is 1. The Bertz CT molecular complexity index is 510. The van der Waals surface area contributed by atoms with Crippen LogP contribution in [0.5, 0.6) is 0 Å². The van der Waals surface area contributed by atoms with E-state index >= 15 is 0 Å². The van der Waals surface area contributed by atoms with Gasteiger partial charge in [0.15, 0.2) is 0 Å². The quantitative estimate of drug-likeness (QED) is 0.648. The zero-order valence-electron chi connectivity index (χ0n) is 10.3. The highest BCUT2D eigenvalue weighted by atomic mass is 79.9. The number of hydrogen-bond donors (Lipinski definition) is 2. The summed E-state index contributed by atoms with van der Waals surface area (Å²) in [5.41, 5.74) is 4.19. The molecule has 1 atom stereocenters. The van der Waals surface area contributed by atoms with Crippen LogP contribution in [-0.2, 0) is 12.8 Å². The molecule has 2 rings (SSSR count). The molecule has 96 valence electrons. The van der Waals surface area contributed by atoms with Gasteiger partial charge in [-0.25, -0.2) is 0 Å². The van der Waals surface area contributed by atoms with Gasteiger partial charge in [0.05, 0.1) is 6.04 Å². The summed E-state index contributed by atoms with van der Waals surface area (Å²) < 4.78 is 1.14. The van der Waals surface area contributed by atoms with Crippen LogP contribution in [0.1, 0.15) is 28.3 Å². The topological polar surface area (TPSA) is 38.0 Å². The van der Waals surface area contributed by atoms with Gasteiger partial charge >= 0.3 is 0 Å². The van der Waals surface area contributed by atoms with Gasteiger partial charge in [-0.15, -0.1) is 11.3 Å². The highest BCUT2D eigenvalue weighted by molar-refractivity contribution is 9.10. The van der Waals surface area contributed by atoms with Gasteiger partial charge in [-0.1, -0.05) is 41.1 Å². The Morgan fingerprint density at radius 2 is 2.06 bits per heavy atom. The van der Waals surface area contributed by atoms with Gasteiger partial charge in [0.2, 0.25) is 0 Å². The Kier molecular flexibility index (Phi) is 4.95. The summed E-state index contributed by atoms with van der Waals surface area (Å²) >= 11 is 5.41. The average molecular weight is 325 g/mol. The van der Waals surface area contributed by atoms with E-state index in [1.165, 1.54) is 15.3 Å². The van der Waals surface area contributed by atoms with Crippen LogP contribution in [-0.4, -0.2) is 0 Å². The van der Waals surface area contributed by atoms with Gasteiger partial charge in [0.25, 0.3) is 0 Å². The molecule has 0 bridgehead atoms. The molecule has 2 aromatic rings. The van der Waals surface area contributed by atoms with Gasteiger partial charge in [-0.2, -0.15) is 0 Å². The third-order valence-electron chi connectivity index (χ3n) is 2.96. The summed E-state index contributed by atoms with van der Waals surface area (Å²) in [5.74, 6) is 5.69. The maximum absolute atomic E-state index is 5.69. The summed E-state index contributed by atoms with van der Waals surface area (Å²) in [5, 5.41) is 0. The number of nitrogens with one attached hydrogen (secondary N) is 1. The van der Waals surface area contributed by atoms with Gasteiger partial charge < -0.3 is 0 Å². The molecule has 1 aromatic carbocycles. The molecule has 1 aromatic heterocycles. The molecule has 0 amide bonds. The fourth-order valence-electron chi connectivity index (χ4n) is 1.90. The summed E-state index contributed by atoms with van der Waals surface area (Å²) in [7, 11) is 0. The molecular formula is C14H17BrN2S. The molecule has 0 saturated heterocycles. The predicted octanol–water partition coefficient (Wildman–Crippen LogP) is 3.82. The standard InChI is InChI=1S/C14H17BrN2S/c1-2-11-7-8-14(18-11)13(17-16)9-10-5-3-4-6-12(10)15/h3-8,13,17H,2,9,16H2,1H3. The molecule has 0 aliphatic carbocycles. The average Bonchev–Trinajstić information content (AvgIpc) is 2.86. The number of hydrogen-bond acceptors (Lipinski definition) is 3. The van der Waals surface area contributed by atoms with Crippen molar-refractivity contribution in [3.8, 4) is 0 Å². The first-order valence-electron chi connectivity index (χ1n) is 6.02. The molecule has 0 aliphatic rings. The number of hydrazine groups is 1. The third kappa shape index (κ3) is 3.20. The van der Waals surface area contributed by atoms with Crippen LogP contribution in [0.4, 0.5) is 0 Å². The van der Waals surface area contributed by atoms with Gasteiger partial charge in [-0.3, -0.25) is 11.3 Å². The van der Waals surface area contributed by atoms with Gasteiger partial charge in [-0.05, 0) is 36.6 Å². The van der Waals surface area contributed by atoms with Crippen LogP contribution in [0.2, 0.25) is 0 Å². The summed E-state index contributed by atoms with van der Waals surface area (Å²) in [6.07, 6.45) is 1.97. The van der Waals surface area contributed by atoms with Crippen molar-refractivity contribution in [1.29, 1.82) is 0 Å². The molecule has 4 heteroatoms. The highest BCUT2D eigenvalue weighted by Crippen LogP contribution is 2.28. The Morgan fingerprint density at radius 3 is 2.67 bits per heavy atom. The summed E-state index contributed by atoms with van der Waals surface area (Å²) in [6, 6.07) is 12.8. The van der Waals surface area contributed by atoms with Crippen LogP contribution < -0.4 is 11.3 Å². The Hall–Kier alpha value is -0.680. The Morgan fingerprint density at radius 1 is 1.28 bits per heavy atom. The van der Waals surface area contributed by atoms with Gasteiger partial charge in [0.1, 0.15) is 0 Å². The molecule has 0 saturated carbocycles. The third-order valence-corrected chi connectivity index (χ3v) is 5.07. The van der Waals surface area contributed by atoms with Crippen LogP contribution in [0.3, 0.4) is 0 Å². The maximum atomic E-state index is 5.69. The molecule has 18 heavy (non-hydrogen) atoms. The van der Waals surface area contributed by atoms with E-state index in [0.29, 0.717) is 0 Å². The van der Waals surface area contributed by atoms with Crippen molar-refractivity contribution in [2.75, 3.05) is 0 Å². The van der Waals surface area contributed by atoms with E-state index in [1.807, 2.05) is 17.4 Å². The molecule has 1 unspecified atom stereocenters. The molecule has 0 fully saturated rings. The summed E-state index contributed by atoms with van der Waals surface area (Å²) in [4.78, 5) is 2.70. The molecule has 0 spiro atoms. The first-order chi connectivity index (χ1) is 8.74. The zero-order valence-corrected chi connectivity index (χ0v) is 12.7. The SMILES string of the molecule is CCc1ccc(C(Cc2ccccc2Br)NN)s1. The van der Waals surface area contributed by atoms with Crippen molar-refractivity contribution in [3.05, 3.63) is 56.2 Å². The smallest absolute Gasteiger partial charge is 0.0594 e. The Balaban J connectivity index is 2.17. The number of rotatable bonds is 5. The van der Waals surface area contributed by atoms with Crippen molar-refractivity contribution < 1.29 is 0 Å². The minimum Gasteiger partial charge on any atom is -0.271 e. The van der Waals surface area contributed by atoms with Crippen molar-refractivity contribution in [1.82, 2.24) is 5.43 Å². The second kappa shape index (κ2) is 6.48. The van der Waals surface area contributed by atoms with Gasteiger partial charge in [0, 0.05) is 14.2 Å². The fourth-order valence-corrected chi connectivity index (χ4v) is 3.36. The van der Waals surface area contributed by atoms with Crippen molar-refractivity contribution in [3.63, 3.8) is 0 Å². The van der Waals surface area contributed by atoms with Crippen molar-refractivity contribution in [2.45, 2.75) is 25.8 Å². The van der Waals surface area contributed by atoms with Crippen molar-refractivity contribution >= 4 is 27.3 Å². The largest absolute Gasteiger partial charge is 0.271 e. The Labute approximate surface area is 120 Å². The zero-order chi connectivity index (χ0) is 13.0. The van der Waals surface area contributed by atoms with E-state index in [1.54, 1.807) is 0 Å². The fraction of sp³-hybridized carbons (Fsp3) is 0.286. The molecular weight excluding hydrogens is 308 g/mol. The molecule has 2 nitrogen and oxygen atoms in total. The van der Waals surface area contributed by atoms with E-state index in [9.17, 15) is 0 Å². The van der Waals surface area contributed by atoms with Crippen LogP contribution in [0.15, 0.2) is 40.9 Å². The second-order valence-corrected chi connectivity index (χ2v) is 6.23. The maximum Gasteiger partial charge on any atom is 0.0594 e. The van der Waals surface area contributed by atoms with E-state index in [0.717, 1.165) is 17.3 Å². The van der Waals surface area contributed by atoms with Crippen molar-refractivity contribution in [2.24, 2.45) is 5.84 Å². The lowest BCUT2D eigenvalue weighted by Gasteiger charge is -2.15. The number of aryl methyl sites for hydroxylation is 1.